The molecule has 6 heteroatoms. The third-order valence-electron chi connectivity index (χ3n) is 5.41. The van der Waals surface area contributed by atoms with E-state index in [2.05, 4.69) is 13.8 Å². The van der Waals surface area contributed by atoms with Crippen LogP contribution in [0.5, 0.6) is 0 Å². The monoisotopic (exact) mass is 410 g/mol. The standard InChI is InChI=1S/C24H27FN2O3/c1-15(2)16-5-7-17(8-6-16)21-20(22(28)18-9-11-19(25)12-10-18)23(29)24(30)27(21)14-13-26(3)4/h5-12,15,21,28H,13-14H2,1-4H3. The first-order chi connectivity index (χ1) is 14.2. The molecule has 1 aliphatic heterocycles. The molecule has 1 N–H and O–H groups in total. The number of halogens is 1. The minimum Gasteiger partial charge on any atom is -0.872 e. The van der Waals surface area contributed by atoms with Crippen LogP contribution in [0.4, 0.5) is 4.39 Å². The SMILES string of the molecule is CC(C)c1ccc(C2C(=C([O-])c3ccc(F)cc3)C(=O)C(=O)N2CC[NH+](C)C)cc1. The molecule has 0 radical (unpaired) electrons. The summed E-state index contributed by atoms with van der Waals surface area (Å²) < 4.78 is 13.3. The Bertz CT molecular complexity index is 963. The van der Waals surface area contributed by atoms with Crippen LogP contribution >= 0.6 is 0 Å². The number of rotatable bonds is 6. The Balaban J connectivity index is 2.12. The van der Waals surface area contributed by atoms with E-state index in [0.29, 0.717) is 19.0 Å². The number of nitrogens with one attached hydrogen (secondary N) is 1. The van der Waals surface area contributed by atoms with Crippen LogP contribution in [0, 0.1) is 5.82 Å². The van der Waals surface area contributed by atoms with E-state index >= 15 is 0 Å². The number of ketones is 1. The summed E-state index contributed by atoms with van der Waals surface area (Å²) in [7, 11) is 3.92. The van der Waals surface area contributed by atoms with E-state index in [1.165, 1.54) is 29.2 Å². The van der Waals surface area contributed by atoms with Crippen molar-refractivity contribution in [3.63, 3.8) is 0 Å². The fourth-order valence-corrected chi connectivity index (χ4v) is 3.61. The molecule has 0 saturated carbocycles. The molecule has 5 nitrogen and oxygen atoms in total. The Labute approximate surface area is 176 Å². The minimum absolute atomic E-state index is 0.0716. The Kier molecular flexibility index (Phi) is 6.37. The first kappa shape index (κ1) is 21.7. The van der Waals surface area contributed by atoms with Crippen LogP contribution < -0.4 is 10.0 Å². The van der Waals surface area contributed by atoms with Crippen LogP contribution in [0.25, 0.3) is 5.76 Å². The molecule has 2 aromatic carbocycles. The van der Waals surface area contributed by atoms with E-state index in [0.717, 1.165) is 16.0 Å². The molecule has 1 atom stereocenters. The van der Waals surface area contributed by atoms with Gasteiger partial charge in [-0.05, 0) is 34.7 Å². The highest BCUT2D eigenvalue weighted by atomic mass is 19.1. The van der Waals surface area contributed by atoms with Crippen molar-refractivity contribution >= 4 is 17.4 Å². The number of amides is 1. The smallest absolute Gasteiger partial charge is 0.295 e. The second-order valence-electron chi connectivity index (χ2n) is 8.26. The summed E-state index contributed by atoms with van der Waals surface area (Å²) in [6.45, 7) is 5.15. The van der Waals surface area contributed by atoms with E-state index < -0.39 is 29.3 Å². The molecule has 1 saturated heterocycles. The highest BCUT2D eigenvalue weighted by Gasteiger charge is 2.44. The predicted molar refractivity (Wildman–Crippen MR) is 111 cm³/mol. The van der Waals surface area contributed by atoms with Gasteiger partial charge < -0.3 is 14.9 Å². The van der Waals surface area contributed by atoms with Crippen LogP contribution in [0.15, 0.2) is 54.1 Å². The molecule has 0 bridgehead atoms. The lowest BCUT2D eigenvalue weighted by molar-refractivity contribution is -0.857. The first-order valence-corrected chi connectivity index (χ1v) is 10.1. The molecule has 1 unspecified atom stereocenters. The summed E-state index contributed by atoms with van der Waals surface area (Å²) in [5.74, 6) is -2.12. The Morgan fingerprint density at radius 3 is 2.20 bits per heavy atom. The van der Waals surface area contributed by atoms with Gasteiger partial charge in [0.15, 0.2) is 0 Å². The number of likely N-dealkylation sites (N-methyl/N-ethyl adjacent to an activating group) is 1. The van der Waals surface area contributed by atoms with Gasteiger partial charge in [-0.1, -0.05) is 56.0 Å². The van der Waals surface area contributed by atoms with Gasteiger partial charge in [-0.15, -0.1) is 0 Å². The van der Waals surface area contributed by atoms with Gasteiger partial charge in [0.25, 0.3) is 5.91 Å². The van der Waals surface area contributed by atoms with Gasteiger partial charge in [-0.3, -0.25) is 9.59 Å². The van der Waals surface area contributed by atoms with Gasteiger partial charge in [0.05, 0.1) is 33.2 Å². The first-order valence-electron chi connectivity index (χ1n) is 10.1. The second-order valence-corrected chi connectivity index (χ2v) is 8.26. The number of benzene rings is 2. The number of carbonyl (C=O) groups excluding carboxylic acids is 2. The average molecular weight is 410 g/mol. The van der Waals surface area contributed by atoms with E-state index in [4.69, 9.17) is 0 Å². The van der Waals surface area contributed by atoms with Crippen molar-refractivity contribution in [2.24, 2.45) is 0 Å². The lowest BCUT2D eigenvalue weighted by atomic mass is 9.93. The number of hydrogen-bond donors (Lipinski definition) is 1. The van der Waals surface area contributed by atoms with Gasteiger partial charge in [-0.2, -0.15) is 0 Å². The molecule has 1 fully saturated rings. The molecule has 1 amide bonds. The Morgan fingerprint density at radius 2 is 1.67 bits per heavy atom. The van der Waals surface area contributed by atoms with E-state index in [-0.39, 0.29) is 11.1 Å². The number of quaternary nitrogens is 1. The highest BCUT2D eigenvalue weighted by molar-refractivity contribution is 6.46. The zero-order valence-electron chi connectivity index (χ0n) is 17.7. The van der Waals surface area contributed by atoms with Crippen LogP contribution in [0.3, 0.4) is 0 Å². The average Bonchev–Trinajstić information content (AvgIpc) is 2.97. The third kappa shape index (κ3) is 4.28. The fourth-order valence-electron chi connectivity index (χ4n) is 3.61. The van der Waals surface area contributed by atoms with Crippen molar-refractivity contribution in [3.8, 4) is 0 Å². The van der Waals surface area contributed by atoms with E-state index in [1.807, 2.05) is 38.4 Å². The van der Waals surface area contributed by atoms with E-state index in [9.17, 15) is 19.1 Å². The lowest BCUT2D eigenvalue weighted by Gasteiger charge is -2.28. The van der Waals surface area contributed by atoms with Gasteiger partial charge >= 0.3 is 0 Å². The normalized spacial score (nSPS) is 18.6. The van der Waals surface area contributed by atoms with Crippen molar-refractivity contribution in [3.05, 3.63) is 76.6 Å². The Hall–Kier alpha value is -2.99. The van der Waals surface area contributed by atoms with Crippen LogP contribution in [-0.4, -0.2) is 43.8 Å². The summed E-state index contributed by atoms with van der Waals surface area (Å²) in [5, 5.41) is 13.2. The largest absolute Gasteiger partial charge is 0.872 e. The zero-order valence-corrected chi connectivity index (χ0v) is 17.7. The van der Waals surface area contributed by atoms with Gasteiger partial charge in [0.1, 0.15) is 5.82 Å². The lowest BCUT2D eigenvalue weighted by Crippen LogP contribution is -3.06. The molecular weight excluding hydrogens is 383 g/mol. The van der Waals surface area contributed by atoms with Crippen molar-refractivity contribution in [1.82, 2.24) is 4.90 Å². The number of hydrogen-bond acceptors (Lipinski definition) is 3. The molecular formula is C24H27FN2O3. The summed E-state index contributed by atoms with van der Waals surface area (Å²) in [4.78, 5) is 28.3. The quantitative estimate of drug-likeness (QED) is 0.444. The van der Waals surface area contributed by atoms with Crippen LogP contribution in [-0.2, 0) is 9.59 Å². The van der Waals surface area contributed by atoms with Crippen molar-refractivity contribution < 1.29 is 24.0 Å². The van der Waals surface area contributed by atoms with Gasteiger partial charge in [-0.25, -0.2) is 4.39 Å². The van der Waals surface area contributed by atoms with Crippen LogP contribution in [0.1, 0.15) is 42.5 Å². The van der Waals surface area contributed by atoms with Gasteiger partial charge in [0.2, 0.25) is 5.78 Å². The van der Waals surface area contributed by atoms with Crippen LogP contribution in [0.2, 0.25) is 0 Å². The number of nitrogens with zero attached hydrogens (tertiary/aromatic N) is 1. The maximum Gasteiger partial charge on any atom is 0.295 e. The molecule has 30 heavy (non-hydrogen) atoms. The van der Waals surface area contributed by atoms with Gasteiger partial charge in [0, 0.05) is 5.57 Å². The van der Waals surface area contributed by atoms with E-state index in [1.54, 1.807) is 0 Å². The molecule has 1 heterocycles. The fraction of sp³-hybridized carbons (Fsp3) is 0.333. The molecule has 1 aliphatic rings. The number of Topliss-reactive ketones (excluding diaryl/α,β-unsaturated/α-hetero) is 1. The molecule has 3 rings (SSSR count). The highest BCUT2D eigenvalue weighted by Crippen LogP contribution is 2.38. The third-order valence-corrected chi connectivity index (χ3v) is 5.41. The molecule has 0 aromatic heterocycles. The number of likely N-dealkylation sites (tertiary alicyclic amines) is 1. The second kappa shape index (κ2) is 8.79. The summed E-state index contributed by atoms with van der Waals surface area (Å²) in [6, 6.07) is 12.0. The predicted octanol–water partition coefficient (Wildman–Crippen LogP) is 1.32. The topological polar surface area (TPSA) is 64.9 Å². The van der Waals surface area contributed by atoms with Crippen molar-refractivity contribution in [2.75, 3.05) is 27.2 Å². The molecule has 0 aliphatic carbocycles. The van der Waals surface area contributed by atoms with Crippen molar-refractivity contribution in [1.29, 1.82) is 0 Å². The molecule has 2 aromatic rings. The van der Waals surface area contributed by atoms with Crippen molar-refractivity contribution in [2.45, 2.75) is 25.8 Å². The summed E-state index contributed by atoms with van der Waals surface area (Å²) in [6.07, 6.45) is 0. The maximum atomic E-state index is 13.3. The minimum atomic E-state index is -0.781. The summed E-state index contributed by atoms with van der Waals surface area (Å²) >= 11 is 0. The zero-order chi connectivity index (χ0) is 22.0. The maximum absolute atomic E-state index is 13.3. The Morgan fingerprint density at radius 1 is 1.07 bits per heavy atom. The molecule has 158 valence electrons. The number of carbonyl (C=O) groups is 2. The summed E-state index contributed by atoms with van der Waals surface area (Å²) in [5.41, 5.74) is 1.97. The molecule has 0 spiro atoms.